The summed E-state index contributed by atoms with van der Waals surface area (Å²) in [6, 6.07) is 0. The standard InChI is InChI=1S/C6H7FO2/c7-4-2-1-3-5(8)6(4)9/h1-3,5-6,8-9H. The van der Waals surface area contributed by atoms with Gasteiger partial charge in [-0.25, -0.2) is 4.39 Å². The lowest BCUT2D eigenvalue weighted by molar-refractivity contribution is 0.0567. The fourth-order valence-electron chi connectivity index (χ4n) is 0.628. The molecule has 0 aliphatic heterocycles. The highest BCUT2D eigenvalue weighted by Gasteiger charge is 2.19. The second kappa shape index (κ2) is 2.29. The monoisotopic (exact) mass is 130 g/mol. The van der Waals surface area contributed by atoms with Gasteiger partial charge in [-0.2, -0.15) is 0 Å². The summed E-state index contributed by atoms with van der Waals surface area (Å²) >= 11 is 0. The van der Waals surface area contributed by atoms with Gasteiger partial charge in [0.15, 0.2) is 0 Å². The fourth-order valence-corrected chi connectivity index (χ4v) is 0.628. The molecule has 0 bridgehead atoms. The van der Waals surface area contributed by atoms with E-state index in [9.17, 15) is 4.39 Å². The van der Waals surface area contributed by atoms with E-state index in [4.69, 9.17) is 10.2 Å². The van der Waals surface area contributed by atoms with Crippen molar-refractivity contribution in [2.24, 2.45) is 0 Å². The van der Waals surface area contributed by atoms with Crippen molar-refractivity contribution in [1.29, 1.82) is 0 Å². The molecule has 1 rings (SSSR count). The second-order valence-electron chi connectivity index (χ2n) is 1.87. The van der Waals surface area contributed by atoms with Gasteiger partial charge < -0.3 is 10.2 Å². The van der Waals surface area contributed by atoms with Crippen LogP contribution in [0.2, 0.25) is 0 Å². The van der Waals surface area contributed by atoms with Crippen molar-refractivity contribution in [3.8, 4) is 0 Å². The molecule has 2 atom stereocenters. The minimum Gasteiger partial charge on any atom is -0.386 e. The number of hydrogen-bond donors (Lipinski definition) is 2. The molecule has 3 heteroatoms. The molecule has 0 aromatic heterocycles. The molecule has 0 spiro atoms. The third-order valence-electron chi connectivity index (χ3n) is 1.17. The lowest BCUT2D eigenvalue weighted by Gasteiger charge is -2.14. The highest BCUT2D eigenvalue weighted by atomic mass is 19.1. The van der Waals surface area contributed by atoms with Gasteiger partial charge in [-0.3, -0.25) is 0 Å². The van der Waals surface area contributed by atoms with Gasteiger partial charge >= 0.3 is 0 Å². The Kier molecular flexibility index (Phi) is 1.64. The fraction of sp³-hybridized carbons (Fsp3) is 0.333. The van der Waals surface area contributed by atoms with E-state index in [0.29, 0.717) is 0 Å². The highest BCUT2D eigenvalue weighted by molar-refractivity contribution is 5.20. The van der Waals surface area contributed by atoms with E-state index in [1.54, 1.807) is 0 Å². The summed E-state index contributed by atoms with van der Waals surface area (Å²) in [5.74, 6) is -0.690. The molecule has 0 saturated carbocycles. The van der Waals surface area contributed by atoms with Gasteiger partial charge in [-0.15, -0.1) is 0 Å². The predicted octanol–water partition coefficient (Wildman–Crippen LogP) is 0.131. The van der Waals surface area contributed by atoms with Crippen molar-refractivity contribution in [1.82, 2.24) is 0 Å². The normalized spacial score (nSPS) is 34.3. The van der Waals surface area contributed by atoms with E-state index < -0.39 is 18.0 Å². The number of hydrogen-bond acceptors (Lipinski definition) is 2. The first-order chi connectivity index (χ1) is 4.22. The number of halogens is 1. The largest absolute Gasteiger partial charge is 0.386 e. The van der Waals surface area contributed by atoms with Crippen LogP contribution in [0.1, 0.15) is 0 Å². The van der Waals surface area contributed by atoms with E-state index in [0.717, 1.165) is 6.08 Å². The average molecular weight is 130 g/mol. The number of allylic oxidation sites excluding steroid dienone is 2. The molecule has 0 saturated heterocycles. The Balaban J connectivity index is 2.73. The maximum atomic E-state index is 12.2. The second-order valence-corrected chi connectivity index (χ2v) is 1.87. The van der Waals surface area contributed by atoms with Gasteiger partial charge in [0, 0.05) is 0 Å². The van der Waals surface area contributed by atoms with Crippen LogP contribution in [0.3, 0.4) is 0 Å². The molecule has 0 aromatic rings. The molecule has 50 valence electrons. The van der Waals surface area contributed by atoms with E-state index in [2.05, 4.69) is 0 Å². The van der Waals surface area contributed by atoms with Gasteiger partial charge in [-0.1, -0.05) is 12.2 Å². The third kappa shape index (κ3) is 1.17. The Hall–Kier alpha value is -0.670. The topological polar surface area (TPSA) is 40.5 Å². The molecule has 1 aliphatic rings. The van der Waals surface area contributed by atoms with Gasteiger partial charge in [0.25, 0.3) is 0 Å². The summed E-state index contributed by atoms with van der Waals surface area (Å²) in [4.78, 5) is 0. The molecule has 0 aromatic carbocycles. The molecule has 0 fully saturated rings. The Bertz CT molecular complexity index is 162. The van der Waals surface area contributed by atoms with Crippen LogP contribution in [0, 0.1) is 0 Å². The van der Waals surface area contributed by atoms with Gasteiger partial charge in [0.2, 0.25) is 0 Å². The van der Waals surface area contributed by atoms with Crippen molar-refractivity contribution in [2.45, 2.75) is 12.2 Å². The van der Waals surface area contributed by atoms with Crippen LogP contribution in [-0.4, -0.2) is 22.4 Å². The summed E-state index contributed by atoms with van der Waals surface area (Å²) in [6.07, 6.45) is 1.36. The highest BCUT2D eigenvalue weighted by Crippen LogP contribution is 2.13. The van der Waals surface area contributed by atoms with Crippen molar-refractivity contribution in [3.63, 3.8) is 0 Å². The summed E-state index contributed by atoms with van der Waals surface area (Å²) in [6.45, 7) is 0. The minimum absolute atomic E-state index is 0.690. The van der Waals surface area contributed by atoms with Crippen LogP contribution in [0.15, 0.2) is 24.1 Å². The number of rotatable bonds is 0. The summed E-state index contributed by atoms with van der Waals surface area (Å²) in [5, 5.41) is 17.4. The maximum absolute atomic E-state index is 12.2. The SMILES string of the molecule is OC1C=CC=C(F)C1O. The van der Waals surface area contributed by atoms with Crippen molar-refractivity contribution in [2.75, 3.05) is 0 Å². The zero-order valence-corrected chi connectivity index (χ0v) is 4.66. The zero-order chi connectivity index (χ0) is 6.85. The molecule has 0 amide bonds. The Labute approximate surface area is 51.9 Å². The molecular weight excluding hydrogens is 123 g/mol. The van der Waals surface area contributed by atoms with Gasteiger partial charge in [-0.05, 0) is 6.08 Å². The van der Waals surface area contributed by atoms with Crippen LogP contribution in [-0.2, 0) is 0 Å². The molecule has 0 radical (unpaired) electrons. The summed E-state index contributed by atoms with van der Waals surface area (Å²) in [5.41, 5.74) is 0. The summed E-state index contributed by atoms with van der Waals surface area (Å²) < 4.78 is 12.2. The summed E-state index contributed by atoms with van der Waals surface area (Å²) in [7, 11) is 0. The molecule has 1 aliphatic carbocycles. The van der Waals surface area contributed by atoms with Crippen molar-refractivity contribution < 1.29 is 14.6 Å². The van der Waals surface area contributed by atoms with Crippen LogP contribution in [0.4, 0.5) is 4.39 Å². The first kappa shape index (κ1) is 6.45. The Morgan fingerprint density at radius 2 is 2.11 bits per heavy atom. The minimum atomic E-state index is -1.37. The lowest BCUT2D eigenvalue weighted by atomic mass is 10.1. The van der Waals surface area contributed by atoms with Gasteiger partial charge in [0.1, 0.15) is 18.0 Å². The number of aliphatic hydroxyl groups excluding tert-OH is 2. The van der Waals surface area contributed by atoms with Crippen LogP contribution in [0.25, 0.3) is 0 Å². The average Bonchev–Trinajstić information content (AvgIpc) is 1.83. The van der Waals surface area contributed by atoms with Crippen LogP contribution in [0.5, 0.6) is 0 Å². The molecular formula is C6H7FO2. The van der Waals surface area contributed by atoms with Gasteiger partial charge in [0.05, 0.1) is 0 Å². The van der Waals surface area contributed by atoms with E-state index >= 15 is 0 Å². The smallest absolute Gasteiger partial charge is 0.135 e. The zero-order valence-electron chi connectivity index (χ0n) is 4.66. The first-order valence-corrected chi connectivity index (χ1v) is 2.62. The Morgan fingerprint density at radius 3 is 2.56 bits per heavy atom. The molecule has 0 heterocycles. The Morgan fingerprint density at radius 1 is 1.44 bits per heavy atom. The van der Waals surface area contributed by atoms with Crippen LogP contribution < -0.4 is 0 Å². The molecule has 2 nitrogen and oxygen atoms in total. The van der Waals surface area contributed by atoms with E-state index in [1.165, 1.54) is 12.2 Å². The predicted molar refractivity (Wildman–Crippen MR) is 30.3 cm³/mol. The van der Waals surface area contributed by atoms with E-state index in [-0.39, 0.29) is 0 Å². The van der Waals surface area contributed by atoms with E-state index in [1.807, 2.05) is 0 Å². The maximum Gasteiger partial charge on any atom is 0.135 e. The quantitative estimate of drug-likeness (QED) is 0.489. The number of aliphatic hydroxyl groups is 2. The van der Waals surface area contributed by atoms with Crippen LogP contribution >= 0.6 is 0 Å². The van der Waals surface area contributed by atoms with Crippen molar-refractivity contribution in [3.05, 3.63) is 24.1 Å². The molecule has 9 heavy (non-hydrogen) atoms. The lowest BCUT2D eigenvalue weighted by Crippen LogP contribution is -2.25. The molecule has 2 N–H and O–H groups in total. The first-order valence-electron chi connectivity index (χ1n) is 2.62. The molecule has 2 unspecified atom stereocenters. The third-order valence-corrected chi connectivity index (χ3v) is 1.17. The van der Waals surface area contributed by atoms with Crippen molar-refractivity contribution >= 4 is 0 Å².